The van der Waals surface area contributed by atoms with Gasteiger partial charge in [0, 0.05) is 36.1 Å². The highest BCUT2D eigenvalue weighted by Crippen LogP contribution is 2.29. The van der Waals surface area contributed by atoms with Crippen LogP contribution in [0.5, 0.6) is 0 Å². The number of benzene rings is 2. The fourth-order valence-corrected chi connectivity index (χ4v) is 4.10. The topological polar surface area (TPSA) is 62.1 Å². The van der Waals surface area contributed by atoms with Gasteiger partial charge in [-0.3, -0.25) is 4.79 Å². The van der Waals surface area contributed by atoms with E-state index in [1.165, 1.54) is 11.1 Å². The molecule has 4 rings (SSSR count). The molecule has 1 aliphatic rings. The minimum Gasteiger partial charge on any atom is -0.361 e. The van der Waals surface area contributed by atoms with E-state index in [-0.39, 0.29) is 17.9 Å². The number of hydrogen-bond donors (Lipinski definition) is 2. The Hall–Kier alpha value is -2.59. The van der Waals surface area contributed by atoms with E-state index in [0.717, 1.165) is 29.3 Å². The minimum atomic E-state index is -0.553. The molecule has 26 heavy (non-hydrogen) atoms. The first-order chi connectivity index (χ1) is 12.6. The van der Waals surface area contributed by atoms with Crippen LogP contribution >= 0.6 is 0 Å². The second-order valence-electron chi connectivity index (χ2n) is 7.38. The molecule has 4 nitrogen and oxygen atoms in total. The number of rotatable bonds is 4. The van der Waals surface area contributed by atoms with Crippen LogP contribution in [0.25, 0.3) is 10.9 Å². The summed E-state index contributed by atoms with van der Waals surface area (Å²) in [4.78, 5) is 18.2. The number of hydrogen-bond acceptors (Lipinski definition) is 2. The van der Waals surface area contributed by atoms with E-state index in [1.54, 1.807) is 0 Å². The smallest absolute Gasteiger partial charge is 0.240 e. The minimum absolute atomic E-state index is 0.0144. The lowest BCUT2D eigenvalue weighted by atomic mass is 9.92. The second-order valence-corrected chi connectivity index (χ2v) is 7.38. The van der Waals surface area contributed by atoms with Crippen molar-refractivity contribution in [3.05, 3.63) is 71.4 Å². The number of aromatic amines is 1. The van der Waals surface area contributed by atoms with Crippen LogP contribution in [-0.2, 0) is 17.6 Å². The Morgan fingerprint density at radius 2 is 1.73 bits per heavy atom. The highest BCUT2D eigenvalue weighted by atomic mass is 16.2. The van der Waals surface area contributed by atoms with E-state index in [9.17, 15) is 4.79 Å². The average molecular weight is 347 g/mol. The van der Waals surface area contributed by atoms with Crippen molar-refractivity contribution in [2.75, 3.05) is 7.05 Å². The number of para-hydroxylation sites is 1. The van der Waals surface area contributed by atoms with E-state index >= 15 is 0 Å². The summed E-state index contributed by atoms with van der Waals surface area (Å²) in [6.45, 7) is 2.04. The van der Waals surface area contributed by atoms with Gasteiger partial charge < -0.3 is 15.6 Å². The van der Waals surface area contributed by atoms with Crippen molar-refractivity contribution in [2.24, 2.45) is 5.73 Å². The van der Waals surface area contributed by atoms with Gasteiger partial charge in [0.05, 0.1) is 6.04 Å². The predicted molar refractivity (Wildman–Crippen MR) is 105 cm³/mol. The quantitative estimate of drug-likeness (QED) is 0.761. The number of carbonyl (C=O) groups excluding carboxylic acids is 1. The van der Waals surface area contributed by atoms with E-state index in [1.807, 2.05) is 43.3 Å². The summed E-state index contributed by atoms with van der Waals surface area (Å²) in [6.07, 6.45) is 3.80. The van der Waals surface area contributed by atoms with Crippen molar-refractivity contribution in [2.45, 2.75) is 37.8 Å². The summed E-state index contributed by atoms with van der Waals surface area (Å²) in [5.74, 6) is -0.0366. The molecule has 0 radical (unpaired) electrons. The van der Waals surface area contributed by atoms with Gasteiger partial charge in [0.1, 0.15) is 0 Å². The molecule has 2 unspecified atom stereocenters. The van der Waals surface area contributed by atoms with Crippen LogP contribution in [0.15, 0.2) is 54.7 Å². The van der Waals surface area contributed by atoms with Crippen molar-refractivity contribution in [1.82, 2.24) is 9.88 Å². The zero-order chi connectivity index (χ0) is 18.3. The Labute approximate surface area is 154 Å². The normalized spacial score (nSPS) is 16.4. The summed E-state index contributed by atoms with van der Waals surface area (Å²) in [5.41, 5.74) is 11.3. The van der Waals surface area contributed by atoms with Crippen LogP contribution in [0.1, 0.15) is 29.5 Å². The van der Waals surface area contributed by atoms with Crippen LogP contribution in [0, 0.1) is 0 Å². The highest BCUT2D eigenvalue weighted by Gasteiger charge is 2.32. The van der Waals surface area contributed by atoms with Crippen molar-refractivity contribution >= 4 is 16.8 Å². The highest BCUT2D eigenvalue weighted by molar-refractivity contribution is 5.87. The first-order valence-corrected chi connectivity index (χ1v) is 9.21. The van der Waals surface area contributed by atoms with Gasteiger partial charge in [0.15, 0.2) is 0 Å². The Morgan fingerprint density at radius 3 is 2.42 bits per heavy atom. The van der Waals surface area contributed by atoms with Crippen LogP contribution < -0.4 is 5.73 Å². The first-order valence-electron chi connectivity index (χ1n) is 9.21. The monoisotopic (exact) mass is 347 g/mol. The summed E-state index contributed by atoms with van der Waals surface area (Å²) >= 11 is 0. The summed E-state index contributed by atoms with van der Waals surface area (Å²) in [7, 11) is 1.89. The van der Waals surface area contributed by atoms with Crippen LogP contribution in [-0.4, -0.2) is 34.9 Å². The molecule has 1 aromatic heterocycles. The van der Waals surface area contributed by atoms with Crippen molar-refractivity contribution in [1.29, 1.82) is 0 Å². The van der Waals surface area contributed by atoms with Crippen molar-refractivity contribution in [3.63, 3.8) is 0 Å². The molecule has 2 atom stereocenters. The lowest BCUT2D eigenvalue weighted by molar-refractivity contribution is -0.133. The van der Waals surface area contributed by atoms with Gasteiger partial charge in [-0.05, 0) is 35.6 Å². The van der Waals surface area contributed by atoms with E-state index in [4.69, 9.17) is 5.73 Å². The van der Waals surface area contributed by atoms with Crippen molar-refractivity contribution < 1.29 is 4.79 Å². The standard InChI is InChI=1S/C22H25N3O/c1-14(19-13-24-20-10-6-5-9-18(19)20)21(23)22(26)25(2)17-11-15-7-3-4-8-16(15)12-17/h3-10,13-14,17,21,24H,11-12,23H2,1-2H3. The zero-order valence-corrected chi connectivity index (χ0v) is 15.3. The SMILES string of the molecule is CC(c1c[nH]c2ccccc12)C(N)C(=O)N(C)C1Cc2ccccc2C1. The molecule has 134 valence electrons. The van der Waals surface area contributed by atoms with Gasteiger partial charge in [-0.15, -0.1) is 0 Å². The number of nitrogens with one attached hydrogen (secondary N) is 1. The maximum absolute atomic E-state index is 13.0. The molecule has 1 aliphatic carbocycles. The van der Waals surface area contributed by atoms with Gasteiger partial charge in [-0.1, -0.05) is 49.4 Å². The third-order valence-electron chi connectivity index (χ3n) is 5.86. The Balaban J connectivity index is 1.51. The molecule has 0 fully saturated rings. The van der Waals surface area contributed by atoms with Crippen LogP contribution in [0.4, 0.5) is 0 Å². The maximum Gasteiger partial charge on any atom is 0.240 e. The summed E-state index contributed by atoms with van der Waals surface area (Å²) in [6, 6.07) is 16.2. The molecule has 0 bridgehead atoms. The fourth-order valence-electron chi connectivity index (χ4n) is 4.10. The van der Waals surface area contributed by atoms with Gasteiger partial charge in [0.2, 0.25) is 5.91 Å². The molecule has 0 saturated carbocycles. The lowest BCUT2D eigenvalue weighted by Crippen LogP contribution is -2.49. The molecular formula is C22H25N3O. The Bertz CT molecular complexity index is 920. The lowest BCUT2D eigenvalue weighted by Gasteiger charge is -2.29. The first kappa shape index (κ1) is 16.9. The van der Waals surface area contributed by atoms with Gasteiger partial charge in [-0.2, -0.15) is 0 Å². The van der Waals surface area contributed by atoms with E-state index in [0.29, 0.717) is 0 Å². The molecular weight excluding hydrogens is 322 g/mol. The Kier molecular flexibility index (Phi) is 4.29. The van der Waals surface area contributed by atoms with E-state index in [2.05, 4.69) is 35.3 Å². The summed E-state index contributed by atoms with van der Waals surface area (Å²) < 4.78 is 0. The number of aromatic nitrogens is 1. The molecule has 0 aliphatic heterocycles. The van der Waals surface area contributed by atoms with Gasteiger partial charge in [-0.25, -0.2) is 0 Å². The number of likely N-dealkylation sites (N-methyl/N-ethyl adjacent to an activating group) is 1. The number of nitrogens with two attached hydrogens (primary N) is 1. The molecule has 4 heteroatoms. The molecule has 0 saturated heterocycles. The summed E-state index contributed by atoms with van der Waals surface area (Å²) in [5, 5.41) is 1.14. The van der Waals surface area contributed by atoms with E-state index < -0.39 is 6.04 Å². The molecule has 3 aromatic rings. The van der Waals surface area contributed by atoms with Crippen LogP contribution in [0.3, 0.4) is 0 Å². The number of carbonyl (C=O) groups is 1. The predicted octanol–water partition coefficient (Wildman–Crippen LogP) is 3.22. The third-order valence-corrected chi connectivity index (χ3v) is 5.86. The molecule has 1 amide bonds. The average Bonchev–Trinajstić information content (AvgIpc) is 3.29. The largest absolute Gasteiger partial charge is 0.361 e. The zero-order valence-electron chi connectivity index (χ0n) is 15.3. The second kappa shape index (κ2) is 6.61. The number of nitrogens with zero attached hydrogens (tertiary/aromatic N) is 1. The molecule has 3 N–H and O–H groups in total. The Morgan fingerprint density at radius 1 is 1.12 bits per heavy atom. The van der Waals surface area contributed by atoms with Crippen molar-refractivity contribution in [3.8, 4) is 0 Å². The fraction of sp³-hybridized carbons (Fsp3) is 0.318. The number of H-pyrrole nitrogens is 1. The third kappa shape index (κ3) is 2.80. The van der Waals surface area contributed by atoms with Crippen LogP contribution in [0.2, 0.25) is 0 Å². The maximum atomic E-state index is 13.0. The number of fused-ring (bicyclic) bond motifs is 2. The molecule has 2 aromatic carbocycles. The van der Waals surface area contributed by atoms with Gasteiger partial charge >= 0.3 is 0 Å². The van der Waals surface area contributed by atoms with Gasteiger partial charge in [0.25, 0.3) is 0 Å². The number of amides is 1. The molecule has 1 heterocycles. The molecule has 0 spiro atoms.